The quantitative estimate of drug-likeness (QED) is 0.527. The van der Waals surface area contributed by atoms with Gasteiger partial charge in [0.25, 0.3) is 0 Å². The second-order valence-electron chi connectivity index (χ2n) is 8.06. The van der Waals surface area contributed by atoms with Crippen molar-refractivity contribution in [1.82, 2.24) is 19.6 Å². The van der Waals surface area contributed by atoms with Gasteiger partial charge in [-0.25, -0.2) is 14.2 Å². The molecule has 7 nitrogen and oxygen atoms in total. The molecule has 3 aromatic rings. The van der Waals surface area contributed by atoms with Gasteiger partial charge in [-0.3, -0.25) is 4.90 Å². The molecule has 0 bridgehead atoms. The van der Waals surface area contributed by atoms with Crippen LogP contribution in [0.4, 0.5) is 20.0 Å². The molecule has 0 saturated carbocycles. The fraction of sp³-hybridized carbons (Fsp3) is 0.375. The molecule has 1 aromatic heterocycles. The molecule has 2 aromatic carbocycles. The summed E-state index contributed by atoms with van der Waals surface area (Å²) >= 11 is 1.41. The molecule has 0 atom stereocenters. The molecule has 174 valence electrons. The highest BCUT2D eigenvalue weighted by molar-refractivity contribution is 7.09. The van der Waals surface area contributed by atoms with Crippen LogP contribution in [-0.4, -0.2) is 59.6 Å². The molecule has 2 amide bonds. The van der Waals surface area contributed by atoms with Gasteiger partial charge in [0.2, 0.25) is 5.13 Å². The minimum absolute atomic E-state index is 0.180. The Bertz CT molecular complexity index is 1030. The van der Waals surface area contributed by atoms with Gasteiger partial charge in [-0.05, 0) is 41.8 Å². The number of rotatable bonds is 8. The van der Waals surface area contributed by atoms with Crippen molar-refractivity contribution in [3.05, 3.63) is 71.3 Å². The molecular weight excluding hydrogens is 439 g/mol. The van der Waals surface area contributed by atoms with Crippen LogP contribution in [0.3, 0.4) is 0 Å². The zero-order valence-corrected chi connectivity index (χ0v) is 19.6. The van der Waals surface area contributed by atoms with E-state index in [9.17, 15) is 9.18 Å². The number of nitrogens with zero attached hydrogens (tertiary/aromatic N) is 4. The Balaban J connectivity index is 1.16. The number of halogens is 1. The average molecular weight is 469 g/mol. The van der Waals surface area contributed by atoms with Crippen molar-refractivity contribution in [3.8, 4) is 0 Å². The van der Waals surface area contributed by atoms with Crippen LogP contribution in [0.5, 0.6) is 0 Å². The van der Waals surface area contributed by atoms with Gasteiger partial charge in [0, 0.05) is 62.9 Å². The summed E-state index contributed by atoms with van der Waals surface area (Å²) in [7, 11) is 0. The van der Waals surface area contributed by atoms with Gasteiger partial charge in [0.15, 0.2) is 0 Å². The zero-order valence-electron chi connectivity index (χ0n) is 18.8. The van der Waals surface area contributed by atoms with Crippen LogP contribution in [0.15, 0.2) is 48.5 Å². The first-order chi connectivity index (χ1) is 16.1. The number of aromatic nitrogens is 2. The molecule has 1 saturated heterocycles. The highest BCUT2D eigenvalue weighted by atomic mass is 32.1. The van der Waals surface area contributed by atoms with Crippen molar-refractivity contribution >= 4 is 28.4 Å². The molecule has 4 rings (SSSR count). The third-order valence-corrected chi connectivity index (χ3v) is 6.52. The first kappa shape index (κ1) is 23.1. The maximum Gasteiger partial charge on any atom is 0.319 e. The van der Waals surface area contributed by atoms with E-state index in [2.05, 4.69) is 36.7 Å². The maximum atomic E-state index is 13.1. The van der Waals surface area contributed by atoms with Crippen molar-refractivity contribution in [2.75, 3.05) is 49.5 Å². The fourth-order valence-corrected chi connectivity index (χ4v) is 4.46. The number of piperazine rings is 1. The maximum absolute atomic E-state index is 13.1. The lowest BCUT2D eigenvalue weighted by atomic mass is 10.1. The number of anilines is 2. The van der Waals surface area contributed by atoms with E-state index in [1.807, 2.05) is 24.3 Å². The molecular formula is C24H29FN6OS. The molecule has 0 aliphatic carbocycles. The highest BCUT2D eigenvalue weighted by Crippen LogP contribution is 2.20. The predicted molar refractivity (Wildman–Crippen MR) is 131 cm³/mol. The van der Waals surface area contributed by atoms with Crippen LogP contribution in [-0.2, 0) is 12.8 Å². The van der Waals surface area contributed by atoms with Gasteiger partial charge >= 0.3 is 6.03 Å². The highest BCUT2D eigenvalue weighted by Gasteiger charge is 2.20. The fourth-order valence-electron chi connectivity index (χ4n) is 3.72. The summed E-state index contributed by atoms with van der Waals surface area (Å²) in [5.41, 5.74) is 3.05. The van der Waals surface area contributed by atoms with E-state index in [0.717, 1.165) is 61.4 Å². The molecule has 0 spiro atoms. The Morgan fingerprint density at radius 2 is 1.73 bits per heavy atom. The van der Waals surface area contributed by atoms with Crippen molar-refractivity contribution in [3.63, 3.8) is 0 Å². The summed E-state index contributed by atoms with van der Waals surface area (Å²) in [5, 5.41) is 6.73. The minimum atomic E-state index is -0.235. The van der Waals surface area contributed by atoms with E-state index in [-0.39, 0.29) is 11.8 Å². The average Bonchev–Trinajstić information content (AvgIpc) is 3.30. The Morgan fingerprint density at radius 3 is 2.42 bits per heavy atom. The van der Waals surface area contributed by atoms with E-state index in [1.54, 1.807) is 12.1 Å². The van der Waals surface area contributed by atoms with Crippen LogP contribution in [0, 0.1) is 5.82 Å². The van der Waals surface area contributed by atoms with Gasteiger partial charge in [-0.2, -0.15) is 4.37 Å². The largest absolute Gasteiger partial charge is 0.344 e. The molecule has 0 radical (unpaired) electrons. The summed E-state index contributed by atoms with van der Waals surface area (Å²) < 4.78 is 17.5. The molecule has 9 heteroatoms. The Labute approximate surface area is 197 Å². The summed E-state index contributed by atoms with van der Waals surface area (Å²) in [4.78, 5) is 21.4. The SMILES string of the molecule is CCc1ccc(NC(=O)NCCN2CCN(c3nc(Cc4ccc(F)cc4)ns3)CC2)cc1. The lowest BCUT2D eigenvalue weighted by Crippen LogP contribution is -2.48. The number of benzene rings is 2. The summed E-state index contributed by atoms with van der Waals surface area (Å²) in [6, 6.07) is 14.2. The molecule has 2 heterocycles. The first-order valence-electron chi connectivity index (χ1n) is 11.3. The van der Waals surface area contributed by atoms with Gasteiger partial charge < -0.3 is 15.5 Å². The monoisotopic (exact) mass is 468 g/mol. The first-order valence-corrected chi connectivity index (χ1v) is 12.0. The third kappa shape index (κ3) is 6.72. The number of hydrogen-bond acceptors (Lipinski definition) is 6. The van der Waals surface area contributed by atoms with E-state index < -0.39 is 0 Å². The zero-order chi connectivity index (χ0) is 23.0. The number of aryl methyl sites for hydroxylation is 1. The number of carbonyl (C=O) groups is 1. The van der Waals surface area contributed by atoms with Gasteiger partial charge in [0.1, 0.15) is 11.6 Å². The molecule has 33 heavy (non-hydrogen) atoms. The standard InChI is InChI=1S/C24H29FN6OS/c1-2-18-5-9-21(10-6-18)27-23(32)26-11-12-30-13-15-31(16-14-30)24-28-22(29-33-24)17-19-3-7-20(25)8-4-19/h3-10H,2,11-17H2,1H3,(H2,26,27,32). The number of carbonyl (C=O) groups excluding carboxylic acids is 1. The van der Waals surface area contributed by atoms with Gasteiger partial charge in [-0.15, -0.1) is 0 Å². The minimum Gasteiger partial charge on any atom is -0.344 e. The van der Waals surface area contributed by atoms with Crippen molar-refractivity contribution in [1.29, 1.82) is 0 Å². The van der Waals surface area contributed by atoms with E-state index in [4.69, 9.17) is 0 Å². The number of nitrogens with one attached hydrogen (secondary N) is 2. The van der Waals surface area contributed by atoms with E-state index in [0.29, 0.717) is 13.0 Å². The number of hydrogen-bond donors (Lipinski definition) is 2. The van der Waals surface area contributed by atoms with Crippen LogP contribution < -0.4 is 15.5 Å². The lowest BCUT2D eigenvalue weighted by molar-refractivity contribution is 0.240. The number of amides is 2. The summed E-state index contributed by atoms with van der Waals surface area (Å²) in [6.07, 6.45) is 1.59. The number of urea groups is 1. The van der Waals surface area contributed by atoms with Crippen molar-refractivity contribution in [2.45, 2.75) is 19.8 Å². The predicted octanol–water partition coefficient (Wildman–Crippen LogP) is 3.77. The van der Waals surface area contributed by atoms with Crippen LogP contribution in [0.25, 0.3) is 0 Å². The topological polar surface area (TPSA) is 73.4 Å². The molecule has 2 N–H and O–H groups in total. The van der Waals surface area contributed by atoms with Crippen LogP contribution in [0.1, 0.15) is 23.9 Å². The van der Waals surface area contributed by atoms with Crippen LogP contribution >= 0.6 is 11.5 Å². The third-order valence-electron chi connectivity index (χ3n) is 5.71. The summed E-state index contributed by atoms with van der Waals surface area (Å²) in [5.74, 6) is 0.532. The second kappa shape index (κ2) is 11.2. The van der Waals surface area contributed by atoms with Gasteiger partial charge in [-0.1, -0.05) is 31.2 Å². The van der Waals surface area contributed by atoms with Crippen molar-refractivity contribution in [2.24, 2.45) is 0 Å². The van der Waals surface area contributed by atoms with Crippen molar-refractivity contribution < 1.29 is 9.18 Å². The van der Waals surface area contributed by atoms with Gasteiger partial charge in [0.05, 0.1) is 0 Å². The second-order valence-corrected chi connectivity index (χ2v) is 8.79. The Morgan fingerprint density at radius 1 is 1.03 bits per heavy atom. The molecule has 0 unspecified atom stereocenters. The molecule has 1 aliphatic rings. The smallest absolute Gasteiger partial charge is 0.319 e. The molecule has 1 fully saturated rings. The van der Waals surface area contributed by atoms with Crippen LogP contribution in [0.2, 0.25) is 0 Å². The Hall–Kier alpha value is -3.04. The van der Waals surface area contributed by atoms with E-state index in [1.165, 1.54) is 29.2 Å². The lowest BCUT2D eigenvalue weighted by Gasteiger charge is -2.34. The Kier molecular flexibility index (Phi) is 7.85. The van der Waals surface area contributed by atoms with E-state index >= 15 is 0 Å². The normalized spacial score (nSPS) is 14.3. The molecule has 1 aliphatic heterocycles. The summed E-state index contributed by atoms with van der Waals surface area (Å²) in [6.45, 7) is 7.09.